The minimum atomic E-state index is -3.09. The van der Waals surface area contributed by atoms with E-state index in [0.717, 1.165) is 12.2 Å². The summed E-state index contributed by atoms with van der Waals surface area (Å²) in [6, 6.07) is 9.95. The van der Waals surface area contributed by atoms with Gasteiger partial charge in [0.15, 0.2) is 0 Å². The molecule has 1 aromatic rings. The molecule has 0 atom stereocenters. The van der Waals surface area contributed by atoms with Crippen molar-refractivity contribution in [2.75, 3.05) is 30.8 Å². The molecule has 0 radical (unpaired) electrons. The average molecular weight is 242 g/mol. The Morgan fingerprint density at radius 1 is 1.25 bits per heavy atom. The van der Waals surface area contributed by atoms with Gasteiger partial charge in [0.2, 0.25) is 10.0 Å². The number of hydrogen-bond acceptors (Lipinski definition) is 3. The van der Waals surface area contributed by atoms with Gasteiger partial charge in [-0.2, -0.15) is 0 Å². The Hall–Kier alpha value is -1.07. The van der Waals surface area contributed by atoms with Crippen LogP contribution >= 0.6 is 0 Å². The van der Waals surface area contributed by atoms with E-state index in [0.29, 0.717) is 13.1 Å². The first kappa shape index (κ1) is 13.0. The molecule has 5 heteroatoms. The molecule has 1 N–H and O–H groups in total. The maximum absolute atomic E-state index is 10.9. The van der Waals surface area contributed by atoms with Crippen LogP contribution in [-0.4, -0.2) is 34.3 Å². The van der Waals surface area contributed by atoms with E-state index in [1.54, 1.807) is 0 Å². The van der Waals surface area contributed by atoms with Crippen LogP contribution in [0.1, 0.15) is 6.92 Å². The van der Waals surface area contributed by atoms with Crippen molar-refractivity contribution >= 4 is 15.7 Å². The maximum Gasteiger partial charge on any atom is 0.208 e. The molecule has 0 amide bonds. The number of hydrogen-bond donors (Lipinski definition) is 1. The summed E-state index contributed by atoms with van der Waals surface area (Å²) in [5.74, 6) is 0. The second-order valence-electron chi connectivity index (χ2n) is 3.58. The van der Waals surface area contributed by atoms with Crippen LogP contribution in [0, 0.1) is 0 Å². The lowest BCUT2D eigenvalue weighted by molar-refractivity contribution is 0.587. The number of sulfonamides is 1. The molecule has 1 aromatic carbocycles. The van der Waals surface area contributed by atoms with Gasteiger partial charge in [-0.15, -0.1) is 0 Å². The van der Waals surface area contributed by atoms with Gasteiger partial charge in [-0.1, -0.05) is 18.2 Å². The van der Waals surface area contributed by atoms with Crippen LogP contribution in [0.25, 0.3) is 0 Å². The van der Waals surface area contributed by atoms with E-state index in [-0.39, 0.29) is 0 Å². The third kappa shape index (κ3) is 4.63. The molecule has 0 spiro atoms. The normalized spacial score (nSPS) is 11.4. The van der Waals surface area contributed by atoms with E-state index in [1.165, 1.54) is 6.26 Å². The number of likely N-dealkylation sites (N-methyl/N-ethyl adjacent to an activating group) is 1. The van der Waals surface area contributed by atoms with Crippen molar-refractivity contribution < 1.29 is 8.42 Å². The summed E-state index contributed by atoms with van der Waals surface area (Å²) in [6.45, 7) is 4.01. The largest absolute Gasteiger partial charge is 0.370 e. The first-order chi connectivity index (χ1) is 7.53. The second-order valence-corrected chi connectivity index (χ2v) is 5.41. The van der Waals surface area contributed by atoms with E-state index < -0.39 is 10.0 Å². The molecule has 16 heavy (non-hydrogen) atoms. The Bertz CT molecular complexity index is 403. The van der Waals surface area contributed by atoms with Gasteiger partial charge in [0.05, 0.1) is 6.26 Å². The van der Waals surface area contributed by atoms with E-state index in [1.807, 2.05) is 37.3 Å². The molecule has 0 fully saturated rings. The minimum absolute atomic E-state index is 0.432. The quantitative estimate of drug-likeness (QED) is 0.811. The Morgan fingerprint density at radius 3 is 2.38 bits per heavy atom. The summed E-state index contributed by atoms with van der Waals surface area (Å²) in [7, 11) is -3.09. The van der Waals surface area contributed by atoms with Crippen molar-refractivity contribution in [3.63, 3.8) is 0 Å². The Balaban J connectivity index is 2.51. The molecule has 4 nitrogen and oxygen atoms in total. The van der Waals surface area contributed by atoms with Crippen LogP contribution in [0.15, 0.2) is 30.3 Å². The zero-order chi connectivity index (χ0) is 12.0. The molecular weight excluding hydrogens is 224 g/mol. The SMILES string of the molecule is CCN(CCNS(C)(=O)=O)c1ccccc1. The standard InChI is InChI=1S/C11H18N2O2S/c1-3-13(10-9-12-16(2,14)15)11-7-5-4-6-8-11/h4-8,12H,3,9-10H2,1-2H3. The molecule has 0 saturated carbocycles. The van der Waals surface area contributed by atoms with Gasteiger partial charge in [-0.3, -0.25) is 0 Å². The van der Waals surface area contributed by atoms with Gasteiger partial charge >= 0.3 is 0 Å². The number of nitrogens with zero attached hydrogens (tertiary/aromatic N) is 1. The maximum atomic E-state index is 10.9. The van der Waals surface area contributed by atoms with E-state index in [4.69, 9.17) is 0 Å². The molecule has 1 rings (SSSR count). The van der Waals surface area contributed by atoms with E-state index in [2.05, 4.69) is 9.62 Å². The molecular formula is C11H18N2O2S. The van der Waals surface area contributed by atoms with Gasteiger partial charge in [0, 0.05) is 25.3 Å². The molecule has 0 aliphatic heterocycles. The number of rotatable bonds is 6. The molecule has 0 unspecified atom stereocenters. The third-order valence-electron chi connectivity index (χ3n) is 2.25. The lowest BCUT2D eigenvalue weighted by Crippen LogP contribution is -2.34. The highest BCUT2D eigenvalue weighted by Crippen LogP contribution is 2.11. The Kier molecular flexibility index (Phi) is 4.76. The van der Waals surface area contributed by atoms with Crippen LogP contribution in [0.3, 0.4) is 0 Å². The topological polar surface area (TPSA) is 49.4 Å². The molecule has 0 saturated heterocycles. The summed E-state index contributed by atoms with van der Waals surface area (Å²) in [6.07, 6.45) is 1.17. The Labute approximate surface area is 97.3 Å². The molecule has 0 heterocycles. The summed E-state index contributed by atoms with van der Waals surface area (Å²) in [5, 5.41) is 0. The minimum Gasteiger partial charge on any atom is -0.370 e. The van der Waals surface area contributed by atoms with E-state index >= 15 is 0 Å². The smallest absolute Gasteiger partial charge is 0.208 e. The number of nitrogens with one attached hydrogen (secondary N) is 1. The monoisotopic (exact) mass is 242 g/mol. The Morgan fingerprint density at radius 2 is 1.88 bits per heavy atom. The second kappa shape index (κ2) is 5.86. The molecule has 0 aliphatic carbocycles. The molecule has 0 aromatic heterocycles. The van der Waals surface area contributed by atoms with Gasteiger partial charge in [-0.25, -0.2) is 13.1 Å². The van der Waals surface area contributed by atoms with Crippen LogP contribution in [-0.2, 0) is 10.0 Å². The lowest BCUT2D eigenvalue weighted by atomic mass is 10.3. The van der Waals surface area contributed by atoms with Crippen LogP contribution in [0.2, 0.25) is 0 Å². The van der Waals surface area contributed by atoms with Crippen molar-refractivity contribution in [2.45, 2.75) is 6.92 Å². The highest BCUT2D eigenvalue weighted by molar-refractivity contribution is 7.88. The van der Waals surface area contributed by atoms with E-state index in [9.17, 15) is 8.42 Å². The predicted octanol–water partition coefficient (Wildman–Crippen LogP) is 1.06. The first-order valence-corrected chi connectivity index (χ1v) is 7.16. The van der Waals surface area contributed by atoms with Gasteiger partial charge in [-0.05, 0) is 19.1 Å². The zero-order valence-electron chi connectivity index (χ0n) is 9.68. The highest BCUT2D eigenvalue weighted by atomic mass is 32.2. The number of benzene rings is 1. The van der Waals surface area contributed by atoms with Crippen LogP contribution in [0.5, 0.6) is 0 Å². The fraction of sp³-hybridized carbons (Fsp3) is 0.455. The first-order valence-electron chi connectivity index (χ1n) is 5.27. The molecule has 0 aliphatic rings. The lowest BCUT2D eigenvalue weighted by Gasteiger charge is -2.22. The van der Waals surface area contributed by atoms with Crippen molar-refractivity contribution in [3.05, 3.63) is 30.3 Å². The fourth-order valence-corrected chi connectivity index (χ4v) is 1.94. The fourth-order valence-electron chi connectivity index (χ4n) is 1.47. The van der Waals surface area contributed by atoms with Crippen molar-refractivity contribution in [1.82, 2.24) is 4.72 Å². The zero-order valence-corrected chi connectivity index (χ0v) is 10.5. The number of anilines is 1. The summed E-state index contributed by atoms with van der Waals surface area (Å²) < 4.78 is 24.3. The third-order valence-corrected chi connectivity index (χ3v) is 2.98. The molecule has 90 valence electrons. The number of para-hydroxylation sites is 1. The van der Waals surface area contributed by atoms with Gasteiger partial charge in [0.25, 0.3) is 0 Å². The molecule has 0 bridgehead atoms. The summed E-state index contributed by atoms with van der Waals surface area (Å²) in [4.78, 5) is 2.12. The summed E-state index contributed by atoms with van der Waals surface area (Å²) >= 11 is 0. The summed E-state index contributed by atoms with van der Waals surface area (Å²) in [5.41, 5.74) is 1.11. The van der Waals surface area contributed by atoms with Crippen molar-refractivity contribution in [3.8, 4) is 0 Å². The van der Waals surface area contributed by atoms with Crippen molar-refractivity contribution in [2.24, 2.45) is 0 Å². The van der Waals surface area contributed by atoms with Crippen molar-refractivity contribution in [1.29, 1.82) is 0 Å². The predicted molar refractivity (Wildman–Crippen MR) is 67.2 cm³/mol. The van der Waals surface area contributed by atoms with Crippen LogP contribution in [0.4, 0.5) is 5.69 Å². The van der Waals surface area contributed by atoms with Crippen LogP contribution < -0.4 is 9.62 Å². The van der Waals surface area contributed by atoms with Gasteiger partial charge < -0.3 is 4.90 Å². The highest BCUT2D eigenvalue weighted by Gasteiger charge is 2.05. The average Bonchev–Trinajstić information content (AvgIpc) is 2.24. The van der Waals surface area contributed by atoms with Gasteiger partial charge in [0.1, 0.15) is 0 Å².